The Hall–Kier alpha value is -1.35. The molecule has 0 saturated heterocycles. The van der Waals surface area contributed by atoms with Crippen LogP contribution < -0.4 is 5.32 Å². The van der Waals surface area contributed by atoms with Gasteiger partial charge in [-0.2, -0.15) is 0 Å². The first-order chi connectivity index (χ1) is 7.99. The van der Waals surface area contributed by atoms with Gasteiger partial charge in [-0.05, 0) is 18.4 Å². The third-order valence-electron chi connectivity index (χ3n) is 2.76. The van der Waals surface area contributed by atoms with E-state index in [2.05, 4.69) is 5.32 Å². The summed E-state index contributed by atoms with van der Waals surface area (Å²) in [5.74, 6) is 0.114. The molecule has 3 nitrogen and oxygen atoms in total. The van der Waals surface area contributed by atoms with Crippen LogP contribution >= 0.6 is 0 Å². The van der Waals surface area contributed by atoms with Gasteiger partial charge in [0.05, 0.1) is 12.5 Å². The minimum Gasteiger partial charge on any atom is -0.391 e. The van der Waals surface area contributed by atoms with Gasteiger partial charge < -0.3 is 10.4 Å². The predicted octanol–water partition coefficient (Wildman–Crippen LogP) is 1.67. The summed E-state index contributed by atoms with van der Waals surface area (Å²) in [5.41, 5.74) is 2.18. The molecule has 0 radical (unpaired) electrons. The quantitative estimate of drug-likeness (QED) is 0.815. The van der Waals surface area contributed by atoms with E-state index in [0.717, 1.165) is 5.56 Å². The maximum atomic E-state index is 11.6. The fourth-order valence-electron chi connectivity index (χ4n) is 1.41. The molecule has 1 rings (SSSR count). The van der Waals surface area contributed by atoms with Crippen molar-refractivity contribution in [3.8, 4) is 0 Å². The zero-order valence-electron chi connectivity index (χ0n) is 10.7. The van der Waals surface area contributed by atoms with Crippen molar-refractivity contribution < 1.29 is 9.90 Å². The van der Waals surface area contributed by atoms with Gasteiger partial charge in [0.2, 0.25) is 5.91 Å². The second kappa shape index (κ2) is 6.40. The Bertz CT molecular complexity index is 357. The van der Waals surface area contributed by atoms with E-state index in [4.69, 9.17) is 0 Å². The van der Waals surface area contributed by atoms with E-state index in [0.29, 0.717) is 13.0 Å². The number of rotatable bonds is 5. The molecule has 1 aromatic rings. The molecule has 0 aromatic heterocycles. The largest absolute Gasteiger partial charge is 0.391 e. The Morgan fingerprint density at radius 3 is 2.41 bits per heavy atom. The number of aryl methyl sites for hydroxylation is 1. The molecule has 0 unspecified atom stereocenters. The van der Waals surface area contributed by atoms with Crippen LogP contribution in [0.25, 0.3) is 0 Å². The maximum absolute atomic E-state index is 11.6. The molecular weight excluding hydrogens is 214 g/mol. The van der Waals surface area contributed by atoms with Crippen molar-refractivity contribution in [2.45, 2.75) is 33.3 Å². The molecule has 0 saturated carbocycles. The number of aliphatic hydroxyl groups is 1. The molecule has 0 fully saturated rings. The van der Waals surface area contributed by atoms with Gasteiger partial charge in [0.15, 0.2) is 0 Å². The van der Waals surface area contributed by atoms with Gasteiger partial charge in [0, 0.05) is 6.54 Å². The van der Waals surface area contributed by atoms with Crippen LogP contribution in [-0.2, 0) is 11.2 Å². The van der Waals surface area contributed by atoms with Crippen molar-refractivity contribution in [2.24, 2.45) is 5.92 Å². The second-order valence-corrected chi connectivity index (χ2v) is 4.78. The highest BCUT2D eigenvalue weighted by Crippen LogP contribution is 2.04. The molecular formula is C14H21NO2. The van der Waals surface area contributed by atoms with Crippen LogP contribution in [-0.4, -0.2) is 23.7 Å². The molecule has 3 heteroatoms. The topological polar surface area (TPSA) is 49.3 Å². The van der Waals surface area contributed by atoms with E-state index in [1.807, 2.05) is 45.0 Å². The molecule has 17 heavy (non-hydrogen) atoms. The first-order valence-corrected chi connectivity index (χ1v) is 5.99. The van der Waals surface area contributed by atoms with Gasteiger partial charge in [-0.3, -0.25) is 4.79 Å². The lowest BCUT2D eigenvalue weighted by Crippen LogP contribution is -2.35. The van der Waals surface area contributed by atoms with Crippen molar-refractivity contribution in [3.63, 3.8) is 0 Å². The van der Waals surface area contributed by atoms with Crippen LogP contribution in [0.3, 0.4) is 0 Å². The lowest BCUT2D eigenvalue weighted by molar-refractivity contribution is -0.121. The third-order valence-corrected chi connectivity index (χ3v) is 2.76. The van der Waals surface area contributed by atoms with Crippen molar-refractivity contribution in [2.75, 3.05) is 6.54 Å². The standard InChI is InChI=1S/C14H21NO2/c1-10(2)13(16)9-15-14(17)8-12-6-4-11(3)5-7-12/h4-7,10,13,16H,8-9H2,1-3H3,(H,15,17)/t13-/m1/s1. The minimum atomic E-state index is -0.475. The zero-order chi connectivity index (χ0) is 12.8. The minimum absolute atomic E-state index is 0.0476. The van der Waals surface area contributed by atoms with Gasteiger partial charge in [-0.25, -0.2) is 0 Å². The molecule has 0 aliphatic rings. The van der Waals surface area contributed by atoms with Crippen molar-refractivity contribution in [3.05, 3.63) is 35.4 Å². The normalized spacial score (nSPS) is 12.5. The van der Waals surface area contributed by atoms with Gasteiger partial charge in [-0.1, -0.05) is 43.7 Å². The van der Waals surface area contributed by atoms with Gasteiger partial charge >= 0.3 is 0 Å². The highest BCUT2D eigenvalue weighted by atomic mass is 16.3. The summed E-state index contributed by atoms with van der Waals surface area (Å²) < 4.78 is 0. The number of amides is 1. The predicted molar refractivity (Wildman–Crippen MR) is 68.7 cm³/mol. The number of aliphatic hydroxyl groups excluding tert-OH is 1. The first kappa shape index (κ1) is 13.7. The average Bonchev–Trinajstić information content (AvgIpc) is 2.29. The summed E-state index contributed by atoms with van der Waals surface area (Å²) >= 11 is 0. The highest BCUT2D eigenvalue weighted by molar-refractivity contribution is 5.78. The van der Waals surface area contributed by atoms with Crippen molar-refractivity contribution in [1.82, 2.24) is 5.32 Å². The summed E-state index contributed by atoms with van der Waals surface area (Å²) in [4.78, 5) is 11.6. The monoisotopic (exact) mass is 235 g/mol. The van der Waals surface area contributed by atoms with E-state index < -0.39 is 6.10 Å². The molecule has 94 valence electrons. The van der Waals surface area contributed by atoms with E-state index in [1.54, 1.807) is 0 Å². The summed E-state index contributed by atoms with van der Waals surface area (Å²) in [6.07, 6.45) is -0.109. The number of benzene rings is 1. The van der Waals surface area contributed by atoms with Gasteiger partial charge in [0.1, 0.15) is 0 Å². The molecule has 0 bridgehead atoms. The number of hydrogen-bond acceptors (Lipinski definition) is 2. The van der Waals surface area contributed by atoms with Crippen LogP contribution in [0.1, 0.15) is 25.0 Å². The van der Waals surface area contributed by atoms with Crippen LogP contribution in [0.2, 0.25) is 0 Å². The number of carbonyl (C=O) groups excluding carboxylic acids is 1. The van der Waals surface area contributed by atoms with Gasteiger partial charge in [0.25, 0.3) is 0 Å². The Labute approximate surface area is 103 Å². The molecule has 1 atom stereocenters. The lowest BCUT2D eigenvalue weighted by Gasteiger charge is -2.15. The summed E-state index contributed by atoms with van der Waals surface area (Å²) in [6, 6.07) is 7.89. The van der Waals surface area contributed by atoms with E-state index in [1.165, 1.54) is 5.56 Å². The average molecular weight is 235 g/mol. The maximum Gasteiger partial charge on any atom is 0.224 e. The third kappa shape index (κ3) is 5.00. The summed E-state index contributed by atoms with van der Waals surface area (Å²) in [6.45, 7) is 6.19. The summed E-state index contributed by atoms with van der Waals surface area (Å²) in [7, 11) is 0. The van der Waals surface area contributed by atoms with Crippen molar-refractivity contribution >= 4 is 5.91 Å². The molecule has 1 aromatic carbocycles. The SMILES string of the molecule is Cc1ccc(CC(=O)NC[C@@H](O)C(C)C)cc1. The highest BCUT2D eigenvalue weighted by Gasteiger charge is 2.10. The fraction of sp³-hybridized carbons (Fsp3) is 0.500. The van der Waals surface area contributed by atoms with Crippen LogP contribution in [0.5, 0.6) is 0 Å². The van der Waals surface area contributed by atoms with Crippen molar-refractivity contribution in [1.29, 1.82) is 0 Å². The zero-order valence-corrected chi connectivity index (χ0v) is 10.7. The van der Waals surface area contributed by atoms with Gasteiger partial charge in [-0.15, -0.1) is 0 Å². The number of carbonyl (C=O) groups is 1. The number of nitrogens with one attached hydrogen (secondary N) is 1. The van der Waals surface area contributed by atoms with E-state index >= 15 is 0 Å². The molecule has 1 amide bonds. The Kier molecular flexibility index (Phi) is 5.16. The lowest BCUT2D eigenvalue weighted by atomic mass is 10.1. The van der Waals surface area contributed by atoms with E-state index in [-0.39, 0.29) is 11.8 Å². The number of hydrogen-bond donors (Lipinski definition) is 2. The Balaban J connectivity index is 2.37. The molecule has 2 N–H and O–H groups in total. The second-order valence-electron chi connectivity index (χ2n) is 4.78. The summed E-state index contributed by atoms with van der Waals surface area (Å²) in [5, 5.41) is 12.3. The molecule has 0 spiro atoms. The first-order valence-electron chi connectivity index (χ1n) is 5.99. The van der Waals surface area contributed by atoms with Crippen LogP contribution in [0.15, 0.2) is 24.3 Å². The van der Waals surface area contributed by atoms with Crippen LogP contribution in [0, 0.1) is 12.8 Å². The molecule has 0 aliphatic carbocycles. The van der Waals surface area contributed by atoms with Crippen LogP contribution in [0.4, 0.5) is 0 Å². The van der Waals surface area contributed by atoms with E-state index in [9.17, 15) is 9.90 Å². The smallest absolute Gasteiger partial charge is 0.224 e. The Morgan fingerprint density at radius 2 is 1.88 bits per heavy atom. The molecule has 0 aliphatic heterocycles. The molecule has 0 heterocycles. The Morgan fingerprint density at radius 1 is 1.29 bits per heavy atom. The fourth-order valence-corrected chi connectivity index (χ4v) is 1.41.